The first kappa shape index (κ1) is 7.76. The van der Waals surface area contributed by atoms with E-state index >= 15 is 0 Å². The van der Waals surface area contributed by atoms with Crippen LogP contribution in [0.1, 0.15) is 26.7 Å². The van der Waals surface area contributed by atoms with Crippen LogP contribution >= 0.6 is 0 Å². The lowest BCUT2D eigenvalue weighted by Crippen LogP contribution is -2.11. The Morgan fingerprint density at radius 1 is 1.20 bits per heavy atom. The first-order valence-electron chi connectivity index (χ1n) is 3.66. The SMILES string of the molecule is CC(C)=C1C(O)CCC1O. The second-order valence-electron chi connectivity index (χ2n) is 3.06. The fraction of sp³-hybridized carbons (Fsp3) is 0.750. The van der Waals surface area contributed by atoms with Gasteiger partial charge in [0.25, 0.3) is 0 Å². The van der Waals surface area contributed by atoms with Gasteiger partial charge in [-0.2, -0.15) is 0 Å². The lowest BCUT2D eigenvalue weighted by molar-refractivity contribution is 0.196. The van der Waals surface area contributed by atoms with Crippen LogP contribution in [0.4, 0.5) is 0 Å². The number of aliphatic hydroxyl groups is 2. The van der Waals surface area contributed by atoms with Crippen molar-refractivity contribution in [1.82, 2.24) is 0 Å². The molecule has 0 spiro atoms. The molecule has 1 aliphatic rings. The molecule has 2 atom stereocenters. The lowest BCUT2D eigenvalue weighted by Gasteiger charge is -2.09. The van der Waals surface area contributed by atoms with Crippen molar-refractivity contribution >= 4 is 0 Å². The van der Waals surface area contributed by atoms with Crippen molar-refractivity contribution in [2.75, 3.05) is 0 Å². The van der Waals surface area contributed by atoms with Gasteiger partial charge in [-0.25, -0.2) is 0 Å². The van der Waals surface area contributed by atoms with Gasteiger partial charge in [0.15, 0.2) is 0 Å². The van der Waals surface area contributed by atoms with E-state index < -0.39 is 0 Å². The highest BCUT2D eigenvalue weighted by Crippen LogP contribution is 2.27. The normalized spacial score (nSPS) is 33.0. The third kappa shape index (κ3) is 1.22. The van der Waals surface area contributed by atoms with Crippen LogP contribution < -0.4 is 0 Å². The summed E-state index contributed by atoms with van der Waals surface area (Å²) in [5.74, 6) is 0. The molecule has 58 valence electrons. The lowest BCUT2D eigenvalue weighted by atomic mass is 10.1. The van der Waals surface area contributed by atoms with Crippen LogP contribution in [0.25, 0.3) is 0 Å². The van der Waals surface area contributed by atoms with Gasteiger partial charge >= 0.3 is 0 Å². The molecule has 0 aromatic carbocycles. The van der Waals surface area contributed by atoms with Crippen LogP contribution in [0, 0.1) is 0 Å². The summed E-state index contributed by atoms with van der Waals surface area (Å²) in [7, 11) is 0. The molecule has 1 aliphatic carbocycles. The maximum absolute atomic E-state index is 9.31. The van der Waals surface area contributed by atoms with E-state index in [1.807, 2.05) is 13.8 Å². The quantitative estimate of drug-likeness (QED) is 0.492. The molecule has 2 N–H and O–H groups in total. The molecule has 10 heavy (non-hydrogen) atoms. The molecule has 0 bridgehead atoms. The van der Waals surface area contributed by atoms with Gasteiger partial charge in [-0.05, 0) is 32.3 Å². The fourth-order valence-electron chi connectivity index (χ4n) is 1.52. The van der Waals surface area contributed by atoms with Crippen molar-refractivity contribution in [3.8, 4) is 0 Å². The van der Waals surface area contributed by atoms with Crippen molar-refractivity contribution in [3.05, 3.63) is 11.1 Å². The molecule has 0 aromatic rings. The van der Waals surface area contributed by atoms with Gasteiger partial charge in [0.05, 0.1) is 12.2 Å². The third-order valence-electron chi connectivity index (χ3n) is 2.01. The average molecular weight is 142 g/mol. The first-order valence-corrected chi connectivity index (χ1v) is 3.66. The highest BCUT2D eigenvalue weighted by molar-refractivity contribution is 5.22. The summed E-state index contributed by atoms with van der Waals surface area (Å²) in [6.45, 7) is 3.85. The Balaban J connectivity index is 2.82. The summed E-state index contributed by atoms with van der Waals surface area (Å²) in [6.07, 6.45) is 0.642. The van der Waals surface area contributed by atoms with Crippen LogP contribution in [0.15, 0.2) is 11.1 Å². The molecule has 0 saturated heterocycles. The van der Waals surface area contributed by atoms with E-state index in [-0.39, 0.29) is 12.2 Å². The molecule has 0 aromatic heterocycles. The van der Waals surface area contributed by atoms with Crippen LogP contribution in [0.5, 0.6) is 0 Å². The van der Waals surface area contributed by atoms with E-state index in [4.69, 9.17) is 0 Å². The molecule has 1 fully saturated rings. The maximum Gasteiger partial charge on any atom is 0.0778 e. The second kappa shape index (κ2) is 2.72. The minimum absolute atomic E-state index is 0.389. The van der Waals surface area contributed by atoms with Crippen LogP contribution in [0.3, 0.4) is 0 Å². The van der Waals surface area contributed by atoms with Crippen molar-refractivity contribution < 1.29 is 10.2 Å². The molecular weight excluding hydrogens is 128 g/mol. The second-order valence-corrected chi connectivity index (χ2v) is 3.06. The van der Waals surface area contributed by atoms with Crippen LogP contribution in [0.2, 0.25) is 0 Å². The summed E-state index contributed by atoms with van der Waals surface area (Å²) in [4.78, 5) is 0. The Hall–Kier alpha value is -0.340. The number of rotatable bonds is 0. The highest BCUT2D eigenvalue weighted by Gasteiger charge is 2.27. The van der Waals surface area contributed by atoms with Crippen LogP contribution in [-0.4, -0.2) is 22.4 Å². The summed E-state index contributed by atoms with van der Waals surface area (Å²) in [5, 5.41) is 18.6. The summed E-state index contributed by atoms with van der Waals surface area (Å²) >= 11 is 0. The minimum Gasteiger partial charge on any atom is -0.389 e. The van der Waals surface area contributed by atoms with E-state index in [0.717, 1.165) is 11.1 Å². The van der Waals surface area contributed by atoms with E-state index in [0.29, 0.717) is 12.8 Å². The molecule has 0 radical (unpaired) electrons. The maximum atomic E-state index is 9.31. The molecular formula is C8H14O2. The topological polar surface area (TPSA) is 40.5 Å². The molecule has 2 unspecified atom stereocenters. The minimum atomic E-state index is -0.389. The third-order valence-corrected chi connectivity index (χ3v) is 2.01. The van der Waals surface area contributed by atoms with Crippen LogP contribution in [-0.2, 0) is 0 Å². The van der Waals surface area contributed by atoms with Gasteiger partial charge in [0.1, 0.15) is 0 Å². The molecule has 1 rings (SSSR count). The molecule has 0 heterocycles. The number of hydrogen-bond acceptors (Lipinski definition) is 2. The highest BCUT2D eigenvalue weighted by atomic mass is 16.3. The number of aliphatic hydroxyl groups excluding tert-OH is 2. The van der Waals surface area contributed by atoms with Crippen molar-refractivity contribution in [3.63, 3.8) is 0 Å². The zero-order valence-electron chi connectivity index (χ0n) is 6.46. The van der Waals surface area contributed by atoms with Gasteiger partial charge in [-0.1, -0.05) is 5.57 Å². The molecule has 2 nitrogen and oxygen atoms in total. The summed E-state index contributed by atoms with van der Waals surface area (Å²) < 4.78 is 0. The van der Waals surface area contributed by atoms with E-state index in [1.165, 1.54) is 0 Å². The van der Waals surface area contributed by atoms with Gasteiger partial charge in [0.2, 0.25) is 0 Å². The Bertz CT molecular complexity index is 145. The summed E-state index contributed by atoms with van der Waals surface area (Å²) in [6, 6.07) is 0. The molecule has 1 saturated carbocycles. The Morgan fingerprint density at radius 3 is 1.80 bits per heavy atom. The molecule has 0 amide bonds. The Morgan fingerprint density at radius 2 is 1.60 bits per heavy atom. The van der Waals surface area contributed by atoms with Gasteiger partial charge in [-0.3, -0.25) is 0 Å². The molecule has 2 heteroatoms. The number of hydrogen-bond donors (Lipinski definition) is 2. The smallest absolute Gasteiger partial charge is 0.0778 e. The predicted molar refractivity (Wildman–Crippen MR) is 39.6 cm³/mol. The summed E-state index contributed by atoms with van der Waals surface area (Å²) in [5.41, 5.74) is 1.89. The first-order chi connectivity index (χ1) is 4.63. The fourth-order valence-corrected chi connectivity index (χ4v) is 1.52. The van der Waals surface area contributed by atoms with Crippen molar-refractivity contribution in [2.45, 2.75) is 38.9 Å². The van der Waals surface area contributed by atoms with E-state index in [2.05, 4.69) is 0 Å². The van der Waals surface area contributed by atoms with Crippen molar-refractivity contribution in [2.24, 2.45) is 0 Å². The van der Waals surface area contributed by atoms with E-state index in [9.17, 15) is 10.2 Å². The van der Waals surface area contributed by atoms with Gasteiger partial charge < -0.3 is 10.2 Å². The Labute approximate surface area is 61.2 Å². The zero-order valence-corrected chi connectivity index (χ0v) is 6.46. The van der Waals surface area contributed by atoms with Crippen molar-refractivity contribution in [1.29, 1.82) is 0 Å². The largest absolute Gasteiger partial charge is 0.389 e. The number of allylic oxidation sites excluding steroid dienone is 1. The monoisotopic (exact) mass is 142 g/mol. The standard InChI is InChI=1S/C8H14O2/c1-5(2)8-6(9)3-4-7(8)10/h6-7,9-10H,3-4H2,1-2H3. The van der Waals surface area contributed by atoms with Gasteiger partial charge in [-0.15, -0.1) is 0 Å². The van der Waals surface area contributed by atoms with E-state index in [1.54, 1.807) is 0 Å². The molecule has 0 aliphatic heterocycles. The predicted octanol–water partition coefficient (Wildman–Crippen LogP) is 0.838. The van der Waals surface area contributed by atoms with Gasteiger partial charge in [0, 0.05) is 0 Å². The Kier molecular flexibility index (Phi) is 2.11. The average Bonchev–Trinajstić information content (AvgIpc) is 2.11. The zero-order chi connectivity index (χ0) is 7.72.